The van der Waals surface area contributed by atoms with E-state index in [1.54, 1.807) is 0 Å². The second-order valence-corrected chi connectivity index (χ2v) is 4.71. The summed E-state index contributed by atoms with van der Waals surface area (Å²) in [5, 5.41) is 9.66. The average Bonchev–Trinajstić information content (AvgIpc) is 2.15. The highest BCUT2D eigenvalue weighted by Crippen LogP contribution is 2.20. The summed E-state index contributed by atoms with van der Waals surface area (Å²) in [6, 6.07) is 3.46. The summed E-state index contributed by atoms with van der Waals surface area (Å²) in [6.45, 7) is 5.36. The highest BCUT2D eigenvalue weighted by atomic mass is 19.1. The molecule has 1 rings (SSSR count). The molecule has 0 saturated heterocycles. The number of benzene rings is 1. The third kappa shape index (κ3) is 4.38. The van der Waals surface area contributed by atoms with E-state index in [4.69, 9.17) is 4.84 Å². The Morgan fingerprint density at radius 1 is 1.29 bits per heavy atom. The van der Waals surface area contributed by atoms with Gasteiger partial charge in [-0.2, -0.15) is 5.48 Å². The van der Waals surface area contributed by atoms with Crippen LogP contribution in [0, 0.1) is 11.6 Å². The molecule has 1 aromatic carbocycles. The van der Waals surface area contributed by atoms with Gasteiger partial charge in [0.25, 0.3) is 0 Å². The first kappa shape index (κ1) is 14.0. The zero-order chi connectivity index (χ0) is 13.1. The minimum Gasteiger partial charge on any atom is -0.387 e. The van der Waals surface area contributed by atoms with E-state index in [9.17, 15) is 13.9 Å². The van der Waals surface area contributed by atoms with Gasteiger partial charge in [0.1, 0.15) is 11.6 Å². The first-order valence-corrected chi connectivity index (χ1v) is 5.34. The average molecular weight is 245 g/mol. The van der Waals surface area contributed by atoms with Crippen LogP contribution in [-0.2, 0) is 4.84 Å². The van der Waals surface area contributed by atoms with Gasteiger partial charge in [-0.05, 0) is 32.9 Å². The Hall–Kier alpha value is -1.04. The molecule has 0 aliphatic heterocycles. The topological polar surface area (TPSA) is 41.5 Å². The number of hydroxylamine groups is 1. The van der Waals surface area contributed by atoms with Gasteiger partial charge in [0.2, 0.25) is 0 Å². The molecule has 0 aliphatic rings. The first-order chi connectivity index (χ1) is 7.81. The lowest BCUT2D eigenvalue weighted by atomic mass is 10.1. The maximum atomic E-state index is 13.3. The molecular formula is C12H17F2NO2. The number of rotatable bonds is 4. The van der Waals surface area contributed by atoms with E-state index >= 15 is 0 Å². The number of hydrogen-bond donors (Lipinski definition) is 2. The summed E-state index contributed by atoms with van der Waals surface area (Å²) in [5.74, 6) is -1.54. The molecule has 0 aromatic heterocycles. The van der Waals surface area contributed by atoms with Crippen LogP contribution in [0.3, 0.4) is 0 Å². The molecule has 96 valence electrons. The maximum Gasteiger partial charge on any atom is 0.131 e. The minimum atomic E-state index is -1.29. The van der Waals surface area contributed by atoms with Gasteiger partial charge in [0.05, 0.1) is 23.8 Å². The zero-order valence-corrected chi connectivity index (χ0v) is 10.1. The highest BCUT2D eigenvalue weighted by Gasteiger charge is 2.18. The molecule has 0 bridgehead atoms. The third-order valence-electron chi connectivity index (χ3n) is 1.99. The molecule has 0 fully saturated rings. The van der Waals surface area contributed by atoms with Crippen molar-refractivity contribution >= 4 is 0 Å². The molecule has 17 heavy (non-hydrogen) atoms. The number of hydrogen-bond acceptors (Lipinski definition) is 3. The van der Waals surface area contributed by atoms with Crippen molar-refractivity contribution in [2.24, 2.45) is 0 Å². The normalized spacial score (nSPS) is 13.8. The van der Waals surface area contributed by atoms with Crippen LogP contribution in [0.4, 0.5) is 8.78 Å². The summed E-state index contributed by atoms with van der Waals surface area (Å²) in [5.41, 5.74) is 1.71. The Morgan fingerprint density at radius 2 is 1.82 bits per heavy atom. The fraction of sp³-hybridized carbons (Fsp3) is 0.500. The van der Waals surface area contributed by atoms with Crippen molar-refractivity contribution < 1.29 is 18.7 Å². The second-order valence-electron chi connectivity index (χ2n) is 4.71. The van der Waals surface area contributed by atoms with Crippen molar-refractivity contribution in [3.8, 4) is 0 Å². The molecule has 1 aromatic rings. The van der Waals surface area contributed by atoms with E-state index in [1.165, 1.54) is 6.07 Å². The van der Waals surface area contributed by atoms with Gasteiger partial charge < -0.3 is 5.11 Å². The standard InChI is InChI=1S/C12H17F2NO2/c1-12(2,3)17-15-7-10(16)11-8(13)5-4-6-9(11)14/h4-6,10,15-16H,7H2,1-3H3. The summed E-state index contributed by atoms with van der Waals surface area (Å²) in [4.78, 5) is 5.15. The van der Waals surface area contributed by atoms with E-state index < -0.39 is 23.3 Å². The summed E-state index contributed by atoms with van der Waals surface area (Å²) < 4.78 is 26.6. The fourth-order valence-electron chi connectivity index (χ4n) is 1.27. The summed E-state index contributed by atoms with van der Waals surface area (Å²) in [7, 11) is 0. The molecule has 0 radical (unpaired) electrons. The van der Waals surface area contributed by atoms with Crippen molar-refractivity contribution in [2.45, 2.75) is 32.5 Å². The van der Waals surface area contributed by atoms with Crippen LogP contribution in [0.1, 0.15) is 32.4 Å². The van der Waals surface area contributed by atoms with E-state index in [0.717, 1.165) is 12.1 Å². The van der Waals surface area contributed by atoms with Crippen LogP contribution in [0.25, 0.3) is 0 Å². The highest BCUT2D eigenvalue weighted by molar-refractivity contribution is 5.22. The lowest BCUT2D eigenvalue weighted by Crippen LogP contribution is -2.32. The molecule has 0 heterocycles. The molecule has 3 nitrogen and oxygen atoms in total. The monoisotopic (exact) mass is 245 g/mol. The predicted molar refractivity (Wildman–Crippen MR) is 60.2 cm³/mol. The summed E-state index contributed by atoms with van der Waals surface area (Å²) in [6.07, 6.45) is -1.29. The maximum absolute atomic E-state index is 13.3. The van der Waals surface area contributed by atoms with Gasteiger partial charge in [0, 0.05) is 0 Å². The summed E-state index contributed by atoms with van der Waals surface area (Å²) >= 11 is 0. The van der Waals surface area contributed by atoms with Crippen molar-refractivity contribution in [1.82, 2.24) is 5.48 Å². The number of aliphatic hydroxyl groups excluding tert-OH is 1. The van der Waals surface area contributed by atoms with E-state index in [0.29, 0.717) is 0 Å². The molecule has 1 atom stereocenters. The van der Waals surface area contributed by atoms with Crippen LogP contribution in [0.5, 0.6) is 0 Å². The molecule has 0 spiro atoms. The second kappa shape index (κ2) is 5.53. The Kier molecular flexibility index (Phi) is 4.56. The van der Waals surface area contributed by atoms with Gasteiger partial charge in [-0.15, -0.1) is 0 Å². The molecular weight excluding hydrogens is 228 g/mol. The zero-order valence-electron chi connectivity index (χ0n) is 10.1. The molecule has 2 N–H and O–H groups in total. The van der Waals surface area contributed by atoms with Crippen LogP contribution >= 0.6 is 0 Å². The van der Waals surface area contributed by atoms with Crippen LogP contribution in [0.15, 0.2) is 18.2 Å². The lowest BCUT2D eigenvalue weighted by Gasteiger charge is -2.21. The van der Waals surface area contributed by atoms with Crippen molar-refractivity contribution in [2.75, 3.05) is 6.54 Å². The SMILES string of the molecule is CC(C)(C)ONCC(O)c1c(F)cccc1F. The Bertz CT molecular complexity index is 357. The minimum absolute atomic E-state index is 0.0882. The van der Waals surface area contributed by atoms with Gasteiger partial charge >= 0.3 is 0 Å². The predicted octanol–water partition coefficient (Wildman–Crippen LogP) is 2.32. The fourth-order valence-corrected chi connectivity index (χ4v) is 1.27. The smallest absolute Gasteiger partial charge is 0.131 e. The van der Waals surface area contributed by atoms with Crippen molar-refractivity contribution in [3.63, 3.8) is 0 Å². The van der Waals surface area contributed by atoms with Crippen molar-refractivity contribution in [3.05, 3.63) is 35.4 Å². The third-order valence-corrected chi connectivity index (χ3v) is 1.99. The Balaban J connectivity index is 2.61. The van der Waals surface area contributed by atoms with Crippen LogP contribution < -0.4 is 5.48 Å². The number of nitrogens with one attached hydrogen (secondary N) is 1. The van der Waals surface area contributed by atoms with Crippen molar-refractivity contribution in [1.29, 1.82) is 0 Å². The quantitative estimate of drug-likeness (QED) is 0.800. The molecule has 0 aliphatic carbocycles. The van der Waals surface area contributed by atoms with Gasteiger partial charge in [-0.3, -0.25) is 4.84 Å². The lowest BCUT2D eigenvalue weighted by molar-refractivity contribution is -0.0838. The molecule has 0 saturated carbocycles. The van der Waals surface area contributed by atoms with E-state index in [1.807, 2.05) is 20.8 Å². The van der Waals surface area contributed by atoms with Gasteiger partial charge in [-0.1, -0.05) is 6.07 Å². The van der Waals surface area contributed by atoms with E-state index in [2.05, 4.69) is 5.48 Å². The molecule has 5 heteroatoms. The van der Waals surface area contributed by atoms with Crippen LogP contribution in [0.2, 0.25) is 0 Å². The van der Waals surface area contributed by atoms with Gasteiger partial charge in [-0.25, -0.2) is 8.78 Å². The number of halogens is 2. The Labute approximate surface area is 99.4 Å². The van der Waals surface area contributed by atoms with E-state index in [-0.39, 0.29) is 12.1 Å². The first-order valence-electron chi connectivity index (χ1n) is 5.34. The molecule has 0 amide bonds. The number of aliphatic hydroxyl groups is 1. The molecule has 1 unspecified atom stereocenters. The largest absolute Gasteiger partial charge is 0.387 e. The Morgan fingerprint density at radius 3 is 2.29 bits per heavy atom. The van der Waals surface area contributed by atoms with Crippen LogP contribution in [-0.4, -0.2) is 17.3 Å². The van der Waals surface area contributed by atoms with Gasteiger partial charge in [0.15, 0.2) is 0 Å².